The Morgan fingerprint density at radius 2 is 2.12 bits per heavy atom. The lowest BCUT2D eigenvalue weighted by atomic mass is 10.2. The summed E-state index contributed by atoms with van der Waals surface area (Å²) >= 11 is 0. The van der Waals surface area contributed by atoms with Crippen molar-refractivity contribution in [1.82, 2.24) is 10.2 Å². The molecule has 0 radical (unpaired) electrons. The van der Waals surface area contributed by atoms with Gasteiger partial charge in [-0.05, 0) is 27.2 Å². The van der Waals surface area contributed by atoms with E-state index in [1.165, 1.54) is 0 Å². The molecule has 3 unspecified atom stereocenters. The maximum Gasteiger partial charge on any atom is 0.222 e. The van der Waals surface area contributed by atoms with Gasteiger partial charge in [0, 0.05) is 38.7 Å². The van der Waals surface area contributed by atoms with Gasteiger partial charge in [-0.2, -0.15) is 0 Å². The van der Waals surface area contributed by atoms with Gasteiger partial charge in [0.1, 0.15) is 0 Å². The Labute approximate surface area is 98.3 Å². The van der Waals surface area contributed by atoms with E-state index in [1.54, 1.807) is 7.11 Å². The second-order valence-electron chi connectivity index (χ2n) is 4.74. The summed E-state index contributed by atoms with van der Waals surface area (Å²) in [5.41, 5.74) is 0. The van der Waals surface area contributed by atoms with E-state index in [-0.39, 0.29) is 6.10 Å². The SMILES string of the molecule is COC(C)C(C)NC(C)CN1CCCC1=O. The van der Waals surface area contributed by atoms with Crippen molar-refractivity contribution in [3.8, 4) is 0 Å². The normalized spacial score (nSPS) is 22.2. The number of hydrogen-bond acceptors (Lipinski definition) is 3. The van der Waals surface area contributed by atoms with E-state index in [2.05, 4.69) is 19.2 Å². The van der Waals surface area contributed by atoms with Crippen LogP contribution in [0.1, 0.15) is 33.6 Å². The molecule has 1 heterocycles. The minimum atomic E-state index is 0.191. The fourth-order valence-electron chi connectivity index (χ4n) is 2.07. The van der Waals surface area contributed by atoms with E-state index >= 15 is 0 Å². The zero-order valence-electron chi connectivity index (χ0n) is 10.8. The molecule has 1 N–H and O–H groups in total. The van der Waals surface area contributed by atoms with Crippen LogP contribution < -0.4 is 5.32 Å². The fourth-order valence-corrected chi connectivity index (χ4v) is 2.07. The number of methoxy groups -OCH3 is 1. The molecule has 1 fully saturated rings. The van der Waals surface area contributed by atoms with Crippen molar-refractivity contribution in [2.75, 3.05) is 20.2 Å². The molecule has 1 rings (SSSR count). The van der Waals surface area contributed by atoms with Crippen LogP contribution in [0.15, 0.2) is 0 Å². The Bertz CT molecular complexity index is 233. The van der Waals surface area contributed by atoms with Crippen LogP contribution in [0.5, 0.6) is 0 Å². The van der Waals surface area contributed by atoms with Crippen molar-refractivity contribution in [3.05, 3.63) is 0 Å². The molecule has 0 saturated carbocycles. The Balaban J connectivity index is 2.29. The molecule has 16 heavy (non-hydrogen) atoms. The standard InChI is InChI=1S/C12H24N2O2/c1-9(13-10(2)11(3)16-4)8-14-7-5-6-12(14)15/h9-11,13H,5-8H2,1-4H3. The van der Waals surface area contributed by atoms with Gasteiger partial charge in [-0.1, -0.05) is 0 Å². The van der Waals surface area contributed by atoms with Gasteiger partial charge in [-0.3, -0.25) is 4.79 Å². The molecule has 94 valence electrons. The number of carbonyl (C=O) groups excluding carboxylic acids is 1. The molecule has 1 amide bonds. The summed E-state index contributed by atoms with van der Waals surface area (Å²) in [4.78, 5) is 13.4. The molecule has 0 bridgehead atoms. The molecule has 3 atom stereocenters. The lowest BCUT2D eigenvalue weighted by Crippen LogP contribution is -2.47. The number of rotatable bonds is 6. The van der Waals surface area contributed by atoms with E-state index < -0.39 is 0 Å². The van der Waals surface area contributed by atoms with Gasteiger partial charge >= 0.3 is 0 Å². The van der Waals surface area contributed by atoms with Crippen molar-refractivity contribution in [2.45, 2.75) is 51.8 Å². The average Bonchev–Trinajstić information content (AvgIpc) is 2.63. The van der Waals surface area contributed by atoms with Crippen molar-refractivity contribution < 1.29 is 9.53 Å². The molecule has 0 aromatic heterocycles. The first-order valence-electron chi connectivity index (χ1n) is 6.11. The fraction of sp³-hybridized carbons (Fsp3) is 0.917. The van der Waals surface area contributed by atoms with Crippen LogP contribution >= 0.6 is 0 Å². The van der Waals surface area contributed by atoms with E-state index in [9.17, 15) is 4.79 Å². The number of amides is 1. The molecular formula is C12H24N2O2. The van der Waals surface area contributed by atoms with Gasteiger partial charge in [-0.15, -0.1) is 0 Å². The number of ether oxygens (including phenoxy) is 1. The predicted octanol–water partition coefficient (Wildman–Crippen LogP) is 1.01. The van der Waals surface area contributed by atoms with Crippen LogP contribution in [0.3, 0.4) is 0 Å². The van der Waals surface area contributed by atoms with Crippen molar-refractivity contribution in [3.63, 3.8) is 0 Å². The molecular weight excluding hydrogens is 204 g/mol. The topological polar surface area (TPSA) is 41.6 Å². The van der Waals surface area contributed by atoms with Crippen LogP contribution in [0.2, 0.25) is 0 Å². The summed E-state index contributed by atoms with van der Waals surface area (Å²) in [6, 6.07) is 0.618. The number of carbonyl (C=O) groups is 1. The summed E-state index contributed by atoms with van der Waals surface area (Å²) in [6.07, 6.45) is 1.92. The monoisotopic (exact) mass is 228 g/mol. The molecule has 0 aromatic rings. The molecule has 1 aliphatic heterocycles. The third-order valence-electron chi connectivity index (χ3n) is 3.29. The van der Waals surface area contributed by atoms with Gasteiger partial charge in [0.25, 0.3) is 0 Å². The molecule has 0 spiro atoms. The highest BCUT2D eigenvalue weighted by Gasteiger charge is 2.22. The molecule has 1 aliphatic rings. The van der Waals surface area contributed by atoms with Gasteiger partial charge in [-0.25, -0.2) is 0 Å². The molecule has 1 saturated heterocycles. The van der Waals surface area contributed by atoms with Crippen LogP contribution in [0.4, 0.5) is 0 Å². The first-order chi connectivity index (χ1) is 7.54. The summed E-state index contributed by atoms with van der Waals surface area (Å²) in [7, 11) is 1.72. The third kappa shape index (κ3) is 3.76. The van der Waals surface area contributed by atoms with E-state index in [0.29, 0.717) is 18.0 Å². The Kier molecular flexibility index (Phi) is 5.22. The van der Waals surface area contributed by atoms with Crippen LogP contribution in [0, 0.1) is 0 Å². The smallest absolute Gasteiger partial charge is 0.222 e. The van der Waals surface area contributed by atoms with Crippen LogP contribution in [-0.2, 0) is 9.53 Å². The summed E-state index contributed by atoms with van der Waals surface area (Å²) in [5, 5.41) is 3.46. The summed E-state index contributed by atoms with van der Waals surface area (Å²) in [5.74, 6) is 0.293. The highest BCUT2D eigenvalue weighted by atomic mass is 16.5. The first-order valence-corrected chi connectivity index (χ1v) is 6.11. The summed E-state index contributed by atoms with van der Waals surface area (Å²) < 4.78 is 5.26. The number of likely N-dealkylation sites (tertiary alicyclic amines) is 1. The molecule has 4 heteroatoms. The Morgan fingerprint density at radius 1 is 1.44 bits per heavy atom. The minimum Gasteiger partial charge on any atom is -0.380 e. The van der Waals surface area contributed by atoms with Crippen LogP contribution in [0.25, 0.3) is 0 Å². The van der Waals surface area contributed by atoms with E-state index in [1.807, 2.05) is 11.8 Å². The zero-order valence-corrected chi connectivity index (χ0v) is 10.8. The number of nitrogens with one attached hydrogen (secondary N) is 1. The molecule has 4 nitrogen and oxygen atoms in total. The van der Waals surface area contributed by atoms with Gasteiger partial charge in [0.2, 0.25) is 5.91 Å². The lowest BCUT2D eigenvalue weighted by Gasteiger charge is -2.27. The van der Waals surface area contributed by atoms with Crippen molar-refractivity contribution in [2.24, 2.45) is 0 Å². The molecule has 0 aromatic carbocycles. The second-order valence-corrected chi connectivity index (χ2v) is 4.74. The molecule has 0 aliphatic carbocycles. The second kappa shape index (κ2) is 6.21. The van der Waals surface area contributed by atoms with E-state index in [0.717, 1.165) is 25.9 Å². The maximum absolute atomic E-state index is 11.5. The quantitative estimate of drug-likeness (QED) is 0.737. The highest BCUT2D eigenvalue weighted by molar-refractivity contribution is 5.78. The predicted molar refractivity (Wildman–Crippen MR) is 64.3 cm³/mol. The lowest BCUT2D eigenvalue weighted by molar-refractivity contribution is -0.128. The van der Waals surface area contributed by atoms with E-state index in [4.69, 9.17) is 4.74 Å². The van der Waals surface area contributed by atoms with Gasteiger partial charge < -0.3 is 15.0 Å². The zero-order chi connectivity index (χ0) is 12.1. The highest BCUT2D eigenvalue weighted by Crippen LogP contribution is 2.10. The van der Waals surface area contributed by atoms with Crippen molar-refractivity contribution in [1.29, 1.82) is 0 Å². The van der Waals surface area contributed by atoms with Crippen LogP contribution in [-0.4, -0.2) is 49.2 Å². The average molecular weight is 228 g/mol. The minimum absolute atomic E-state index is 0.191. The maximum atomic E-state index is 11.5. The van der Waals surface area contributed by atoms with Gasteiger partial charge in [0.05, 0.1) is 6.10 Å². The Morgan fingerprint density at radius 3 is 2.62 bits per heavy atom. The third-order valence-corrected chi connectivity index (χ3v) is 3.29. The van der Waals surface area contributed by atoms with Gasteiger partial charge in [0.15, 0.2) is 0 Å². The summed E-state index contributed by atoms with van der Waals surface area (Å²) in [6.45, 7) is 7.99. The largest absolute Gasteiger partial charge is 0.380 e. The number of hydrogen-bond donors (Lipinski definition) is 1. The Hall–Kier alpha value is -0.610. The van der Waals surface area contributed by atoms with Crippen molar-refractivity contribution >= 4 is 5.91 Å². The number of nitrogens with zero attached hydrogens (tertiary/aromatic N) is 1. The first kappa shape index (κ1) is 13.5.